The summed E-state index contributed by atoms with van der Waals surface area (Å²) in [6.45, 7) is 9.09. The van der Waals surface area contributed by atoms with E-state index in [4.69, 9.17) is 5.11 Å². The summed E-state index contributed by atoms with van der Waals surface area (Å²) >= 11 is 0. The van der Waals surface area contributed by atoms with Gasteiger partial charge in [0.1, 0.15) is 0 Å². The van der Waals surface area contributed by atoms with E-state index in [2.05, 4.69) is 10.4 Å². The van der Waals surface area contributed by atoms with Crippen LogP contribution in [0, 0.1) is 13.8 Å². The molecule has 0 aliphatic rings. The van der Waals surface area contributed by atoms with Crippen LogP contribution in [0.4, 0.5) is 5.69 Å². The molecule has 0 aliphatic carbocycles. The van der Waals surface area contributed by atoms with Gasteiger partial charge in [0.05, 0.1) is 23.6 Å². The van der Waals surface area contributed by atoms with Gasteiger partial charge in [-0.1, -0.05) is 0 Å². The fraction of sp³-hybridized carbons (Fsp3) is 0.714. The van der Waals surface area contributed by atoms with Crippen LogP contribution in [0.5, 0.6) is 0 Å². The molecule has 20 heavy (non-hydrogen) atoms. The number of hydrogen-bond acceptors (Lipinski definition) is 4. The molecule has 1 aromatic rings. The Morgan fingerprint density at radius 2 is 2.10 bits per heavy atom. The summed E-state index contributed by atoms with van der Waals surface area (Å²) in [5, 5.41) is 16.1. The van der Waals surface area contributed by atoms with Gasteiger partial charge in [0.2, 0.25) is 5.91 Å². The van der Waals surface area contributed by atoms with E-state index < -0.39 is 0 Å². The van der Waals surface area contributed by atoms with Gasteiger partial charge in [0.25, 0.3) is 0 Å². The average Bonchev–Trinajstić information content (AvgIpc) is 2.61. The number of carbonyl (C=O) groups is 1. The minimum Gasteiger partial charge on any atom is -0.396 e. The molecule has 1 heterocycles. The molecule has 1 amide bonds. The van der Waals surface area contributed by atoms with Gasteiger partial charge in [-0.2, -0.15) is 5.10 Å². The van der Waals surface area contributed by atoms with E-state index >= 15 is 0 Å². The maximum absolute atomic E-state index is 12.2. The van der Waals surface area contributed by atoms with E-state index in [1.807, 2.05) is 39.6 Å². The highest BCUT2D eigenvalue weighted by atomic mass is 16.3. The van der Waals surface area contributed by atoms with Crippen molar-refractivity contribution in [2.75, 3.05) is 25.0 Å². The lowest BCUT2D eigenvalue weighted by Crippen LogP contribution is -2.39. The predicted molar refractivity (Wildman–Crippen MR) is 79.7 cm³/mol. The summed E-state index contributed by atoms with van der Waals surface area (Å²) in [6.07, 6.45) is 0.677. The second-order valence-corrected chi connectivity index (χ2v) is 5.36. The zero-order valence-electron chi connectivity index (χ0n) is 13.1. The van der Waals surface area contributed by atoms with Crippen LogP contribution < -0.4 is 5.32 Å². The Morgan fingerprint density at radius 3 is 2.55 bits per heavy atom. The van der Waals surface area contributed by atoms with E-state index in [0.29, 0.717) is 19.5 Å². The van der Waals surface area contributed by atoms with Gasteiger partial charge in [0, 0.05) is 26.2 Å². The zero-order chi connectivity index (χ0) is 15.3. The fourth-order valence-corrected chi connectivity index (χ4v) is 2.11. The zero-order valence-corrected chi connectivity index (χ0v) is 13.1. The number of aliphatic hydroxyl groups is 1. The molecule has 0 radical (unpaired) electrons. The maximum Gasteiger partial charge on any atom is 0.238 e. The number of aromatic nitrogens is 2. The van der Waals surface area contributed by atoms with Crippen LogP contribution in [0.15, 0.2) is 0 Å². The number of nitrogens with one attached hydrogen (secondary N) is 1. The first-order valence-electron chi connectivity index (χ1n) is 7.01. The van der Waals surface area contributed by atoms with Crippen LogP contribution in [0.25, 0.3) is 0 Å². The smallest absolute Gasteiger partial charge is 0.238 e. The van der Waals surface area contributed by atoms with Gasteiger partial charge in [-0.3, -0.25) is 14.4 Å². The summed E-state index contributed by atoms with van der Waals surface area (Å²) in [7, 11) is 1.86. The number of hydrogen-bond donors (Lipinski definition) is 2. The normalized spacial score (nSPS) is 11.4. The van der Waals surface area contributed by atoms with E-state index in [1.54, 1.807) is 4.68 Å². The van der Waals surface area contributed by atoms with Crippen molar-refractivity contribution < 1.29 is 9.90 Å². The van der Waals surface area contributed by atoms with E-state index in [0.717, 1.165) is 17.1 Å². The van der Waals surface area contributed by atoms with E-state index in [1.165, 1.54) is 0 Å². The van der Waals surface area contributed by atoms with Gasteiger partial charge < -0.3 is 10.4 Å². The largest absolute Gasteiger partial charge is 0.396 e. The molecule has 1 aromatic heterocycles. The van der Waals surface area contributed by atoms with Crippen molar-refractivity contribution in [3.05, 3.63) is 11.4 Å². The second-order valence-electron chi connectivity index (χ2n) is 5.36. The maximum atomic E-state index is 12.2. The summed E-state index contributed by atoms with van der Waals surface area (Å²) in [5.41, 5.74) is 2.57. The monoisotopic (exact) mass is 282 g/mol. The first-order valence-corrected chi connectivity index (χ1v) is 7.01. The lowest BCUT2D eigenvalue weighted by Gasteiger charge is -2.25. The van der Waals surface area contributed by atoms with Crippen molar-refractivity contribution in [2.45, 2.75) is 40.2 Å². The Balaban J connectivity index is 2.65. The molecule has 0 saturated heterocycles. The number of rotatable bonds is 7. The molecule has 0 bridgehead atoms. The molecular weight excluding hydrogens is 256 g/mol. The average molecular weight is 282 g/mol. The highest BCUT2D eigenvalue weighted by Crippen LogP contribution is 2.18. The minimum atomic E-state index is -0.0455. The Kier molecular flexibility index (Phi) is 6.16. The van der Waals surface area contributed by atoms with Gasteiger partial charge in [-0.15, -0.1) is 0 Å². The van der Waals surface area contributed by atoms with Crippen LogP contribution in [0.1, 0.15) is 31.7 Å². The minimum absolute atomic E-state index is 0.0455. The third kappa shape index (κ3) is 4.31. The quantitative estimate of drug-likeness (QED) is 0.785. The first kappa shape index (κ1) is 16.7. The summed E-state index contributed by atoms with van der Waals surface area (Å²) in [6, 6.07) is 0.267. The molecule has 0 aromatic carbocycles. The van der Waals surface area contributed by atoms with Gasteiger partial charge in [0.15, 0.2) is 0 Å². The first-order chi connectivity index (χ1) is 9.36. The molecule has 0 saturated carbocycles. The van der Waals surface area contributed by atoms with E-state index in [-0.39, 0.29) is 18.6 Å². The van der Waals surface area contributed by atoms with Crippen LogP contribution in [0.2, 0.25) is 0 Å². The molecule has 6 heteroatoms. The third-order valence-electron chi connectivity index (χ3n) is 3.45. The van der Waals surface area contributed by atoms with Crippen LogP contribution >= 0.6 is 0 Å². The summed E-state index contributed by atoms with van der Waals surface area (Å²) in [5.74, 6) is -0.0455. The molecule has 1 rings (SSSR count). The van der Waals surface area contributed by atoms with Gasteiger partial charge >= 0.3 is 0 Å². The molecule has 0 atom stereocenters. The number of nitrogens with zero attached hydrogens (tertiary/aromatic N) is 3. The highest BCUT2D eigenvalue weighted by molar-refractivity contribution is 5.93. The number of carbonyl (C=O) groups excluding carboxylic acids is 1. The standard InChI is InChI=1S/C14H26N4O2/c1-10(2)18(7-6-8-19)9-13(20)15-14-11(3)16-17(5)12(14)4/h10,19H,6-9H2,1-5H3,(H,15,20). The van der Waals surface area contributed by atoms with Crippen molar-refractivity contribution in [1.82, 2.24) is 14.7 Å². The molecule has 0 fully saturated rings. The van der Waals surface area contributed by atoms with Crippen molar-refractivity contribution in [1.29, 1.82) is 0 Å². The molecule has 114 valence electrons. The highest BCUT2D eigenvalue weighted by Gasteiger charge is 2.16. The lowest BCUT2D eigenvalue weighted by molar-refractivity contribution is -0.117. The van der Waals surface area contributed by atoms with Crippen LogP contribution in [-0.4, -0.2) is 51.4 Å². The SMILES string of the molecule is Cc1nn(C)c(C)c1NC(=O)CN(CCCO)C(C)C. The van der Waals surface area contributed by atoms with Crippen molar-refractivity contribution >= 4 is 11.6 Å². The Morgan fingerprint density at radius 1 is 1.45 bits per heavy atom. The molecule has 0 unspecified atom stereocenters. The topological polar surface area (TPSA) is 70.4 Å². The number of amides is 1. The lowest BCUT2D eigenvalue weighted by atomic mass is 10.2. The van der Waals surface area contributed by atoms with E-state index in [9.17, 15) is 4.79 Å². The summed E-state index contributed by atoms with van der Waals surface area (Å²) < 4.78 is 1.76. The number of aryl methyl sites for hydroxylation is 2. The van der Waals surface area contributed by atoms with Crippen molar-refractivity contribution in [3.63, 3.8) is 0 Å². The second kappa shape index (κ2) is 7.40. The Labute approximate surface area is 120 Å². The molecule has 6 nitrogen and oxygen atoms in total. The Bertz CT molecular complexity index is 454. The van der Waals surface area contributed by atoms with Gasteiger partial charge in [-0.05, 0) is 34.1 Å². The number of aliphatic hydroxyl groups excluding tert-OH is 1. The number of anilines is 1. The van der Waals surface area contributed by atoms with Crippen LogP contribution in [-0.2, 0) is 11.8 Å². The Hall–Kier alpha value is -1.40. The molecular formula is C14H26N4O2. The molecule has 0 aliphatic heterocycles. The van der Waals surface area contributed by atoms with Crippen molar-refractivity contribution in [2.24, 2.45) is 7.05 Å². The predicted octanol–water partition coefficient (Wildman–Crippen LogP) is 1.07. The third-order valence-corrected chi connectivity index (χ3v) is 3.45. The fourth-order valence-electron chi connectivity index (χ4n) is 2.11. The molecule has 2 N–H and O–H groups in total. The van der Waals surface area contributed by atoms with Crippen molar-refractivity contribution in [3.8, 4) is 0 Å². The van der Waals surface area contributed by atoms with Gasteiger partial charge in [-0.25, -0.2) is 0 Å². The van der Waals surface area contributed by atoms with Crippen LogP contribution in [0.3, 0.4) is 0 Å². The molecule has 0 spiro atoms. The summed E-state index contributed by atoms with van der Waals surface area (Å²) in [4.78, 5) is 14.2.